The van der Waals surface area contributed by atoms with E-state index in [2.05, 4.69) is 10.3 Å². The summed E-state index contributed by atoms with van der Waals surface area (Å²) in [5.74, 6) is -1.09. The number of carbonyl (C=O) groups is 2. The van der Waals surface area contributed by atoms with Gasteiger partial charge in [-0.3, -0.25) is 4.98 Å². The molecule has 2 amide bonds. The van der Waals surface area contributed by atoms with Crippen molar-refractivity contribution >= 4 is 12.0 Å². The lowest BCUT2D eigenvalue weighted by atomic mass is 10.2. The Bertz CT molecular complexity index is 480. The van der Waals surface area contributed by atoms with Crippen LogP contribution in [-0.4, -0.2) is 57.3 Å². The largest absolute Gasteiger partial charge is 0.480 e. The number of carboxylic acid groups (broad SMARTS) is 1. The van der Waals surface area contributed by atoms with Crippen LogP contribution in [0.3, 0.4) is 0 Å². The van der Waals surface area contributed by atoms with Gasteiger partial charge in [-0.2, -0.15) is 0 Å². The monoisotopic (exact) mass is 279 g/mol. The van der Waals surface area contributed by atoms with E-state index in [1.54, 1.807) is 12.4 Å². The zero-order chi connectivity index (χ0) is 14.5. The lowest BCUT2D eigenvalue weighted by Crippen LogP contribution is -2.46. The first-order chi connectivity index (χ1) is 9.58. The number of aromatic nitrogens is 1. The van der Waals surface area contributed by atoms with Crippen LogP contribution >= 0.6 is 0 Å². The number of rotatable bonds is 4. The number of nitrogens with zero attached hydrogens (tertiary/aromatic N) is 2. The van der Waals surface area contributed by atoms with Crippen LogP contribution in [0.15, 0.2) is 24.5 Å². The highest BCUT2D eigenvalue weighted by Gasteiger charge is 2.38. The molecule has 1 aliphatic rings. The predicted octanol–water partition coefficient (Wildman–Crippen LogP) is -0.146. The van der Waals surface area contributed by atoms with Crippen LogP contribution in [0.2, 0.25) is 0 Å². The Hall–Kier alpha value is -2.15. The van der Waals surface area contributed by atoms with Gasteiger partial charge in [0.25, 0.3) is 0 Å². The number of amides is 2. The summed E-state index contributed by atoms with van der Waals surface area (Å²) in [5, 5.41) is 21.2. The van der Waals surface area contributed by atoms with E-state index in [4.69, 9.17) is 5.11 Å². The molecule has 0 aromatic carbocycles. The van der Waals surface area contributed by atoms with Crippen molar-refractivity contribution in [2.75, 3.05) is 13.1 Å². The number of carbonyl (C=O) groups excluding carboxylic acids is 1. The number of aliphatic hydroxyl groups is 1. The molecule has 2 rings (SSSR count). The number of carboxylic acids is 1. The van der Waals surface area contributed by atoms with E-state index in [-0.39, 0.29) is 13.0 Å². The zero-order valence-electron chi connectivity index (χ0n) is 10.9. The molecule has 1 aliphatic heterocycles. The number of urea groups is 1. The van der Waals surface area contributed by atoms with Crippen molar-refractivity contribution in [3.63, 3.8) is 0 Å². The Balaban J connectivity index is 1.84. The second-order valence-electron chi connectivity index (χ2n) is 4.74. The molecule has 0 aliphatic carbocycles. The smallest absolute Gasteiger partial charge is 0.326 e. The number of hydrogen-bond donors (Lipinski definition) is 3. The van der Waals surface area contributed by atoms with E-state index in [0.29, 0.717) is 13.0 Å². The van der Waals surface area contributed by atoms with Crippen LogP contribution in [0, 0.1) is 0 Å². The van der Waals surface area contributed by atoms with Gasteiger partial charge in [-0.1, -0.05) is 6.07 Å². The molecule has 3 N–H and O–H groups in total. The molecule has 1 aromatic heterocycles. The first kappa shape index (κ1) is 14.3. The second kappa shape index (κ2) is 6.33. The summed E-state index contributed by atoms with van der Waals surface area (Å²) in [6, 6.07) is 2.30. The maximum absolute atomic E-state index is 11.9. The third-order valence-electron chi connectivity index (χ3n) is 3.24. The van der Waals surface area contributed by atoms with Gasteiger partial charge in [0.2, 0.25) is 0 Å². The number of likely N-dealkylation sites (tertiary alicyclic amines) is 1. The van der Waals surface area contributed by atoms with E-state index >= 15 is 0 Å². The molecular weight excluding hydrogens is 262 g/mol. The van der Waals surface area contributed by atoms with Crippen LogP contribution in [-0.2, 0) is 11.2 Å². The Morgan fingerprint density at radius 3 is 2.95 bits per heavy atom. The number of pyridine rings is 1. The highest BCUT2D eigenvalue weighted by Crippen LogP contribution is 2.18. The van der Waals surface area contributed by atoms with Gasteiger partial charge in [-0.15, -0.1) is 0 Å². The molecular formula is C13H17N3O4. The van der Waals surface area contributed by atoms with E-state index < -0.39 is 24.1 Å². The minimum Gasteiger partial charge on any atom is -0.480 e. The van der Waals surface area contributed by atoms with Crippen molar-refractivity contribution in [2.45, 2.75) is 25.0 Å². The van der Waals surface area contributed by atoms with Crippen LogP contribution < -0.4 is 5.32 Å². The third kappa shape index (κ3) is 3.45. The molecule has 1 aromatic rings. The Morgan fingerprint density at radius 1 is 1.50 bits per heavy atom. The van der Waals surface area contributed by atoms with Crippen LogP contribution in [0.5, 0.6) is 0 Å². The first-order valence-corrected chi connectivity index (χ1v) is 6.42. The maximum atomic E-state index is 11.9. The van der Waals surface area contributed by atoms with Gasteiger partial charge >= 0.3 is 12.0 Å². The zero-order valence-corrected chi connectivity index (χ0v) is 10.9. The van der Waals surface area contributed by atoms with E-state index in [1.165, 1.54) is 0 Å². The standard InChI is InChI=1S/C13H17N3O4/c17-10-6-11(12(18)19)16(8-10)13(20)15-5-3-9-2-1-4-14-7-9/h1-2,4,7,10-11,17H,3,5-6,8H2,(H,15,20)(H,18,19)/t10-,11+/m1/s1. The normalized spacial score (nSPS) is 21.8. The van der Waals surface area contributed by atoms with Gasteiger partial charge in [-0.25, -0.2) is 9.59 Å². The highest BCUT2D eigenvalue weighted by atomic mass is 16.4. The van der Waals surface area contributed by atoms with Crippen molar-refractivity contribution in [1.29, 1.82) is 0 Å². The van der Waals surface area contributed by atoms with Crippen molar-refractivity contribution < 1.29 is 19.8 Å². The molecule has 108 valence electrons. The van der Waals surface area contributed by atoms with Crippen LogP contribution in [0.25, 0.3) is 0 Å². The third-order valence-corrected chi connectivity index (χ3v) is 3.24. The highest BCUT2D eigenvalue weighted by molar-refractivity contribution is 5.83. The van der Waals surface area contributed by atoms with Crippen molar-refractivity contribution in [3.8, 4) is 0 Å². The number of β-amino-alcohol motifs (C(OH)–C–C–N with tert-alkyl or cyclic N) is 1. The van der Waals surface area contributed by atoms with E-state index in [9.17, 15) is 14.7 Å². The lowest BCUT2D eigenvalue weighted by molar-refractivity contribution is -0.141. The fraction of sp³-hybridized carbons (Fsp3) is 0.462. The maximum Gasteiger partial charge on any atom is 0.326 e. The van der Waals surface area contributed by atoms with Gasteiger partial charge in [0.15, 0.2) is 0 Å². The van der Waals surface area contributed by atoms with Crippen LogP contribution in [0.4, 0.5) is 4.79 Å². The number of aliphatic carboxylic acids is 1. The Kier molecular flexibility index (Phi) is 4.52. The minimum absolute atomic E-state index is 0.0513. The Morgan fingerprint density at radius 2 is 2.30 bits per heavy atom. The summed E-state index contributed by atoms with van der Waals surface area (Å²) >= 11 is 0. The molecule has 1 fully saturated rings. The quantitative estimate of drug-likeness (QED) is 0.711. The number of hydrogen-bond acceptors (Lipinski definition) is 4. The van der Waals surface area contributed by atoms with E-state index in [1.807, 2.05) is 12.1 Å². The molecule has 0 saturated carbocycles. The average Bonchev–Trinajstić information content (AvgIpc) is 2.82. The molecule has 1 saturated heterocycles. The molecule has 7 heteroatoms. The minimum atomic E-state index is -1.09. The number of aliphatic hydroxyl groups excluding tert-OH is 1. The molecule has 0 radical (unpaired) electrons. The summed E-state index contributed by atoms with van der Waals surface area (Å²) in [6.45, 7) is 0.444. The van der Waals surface area contributed by atoms with Crippen molar-refractivity contribution in [2.24, 2.45) is 0 Å². The average molecular weight is 279 g/mol. The molecule has 0 unspecified atom stereocenters. The molecule has 0 spiro atoms. The lowest BCUT2D eigenvalue weighted by Gasteiger charge is -2.21. The summed E-state index contributed by atoms with van der Waals surface area (Å²) < 4.78 is 0. The van der Waals surface area contributed by atoms with Gasteiger partial charge in [0, 0.05) is 31.9 Å². The molecule has 20 heavy (non-hydrogen) atoms. The van der Waals surface area contributed by atoms with Crippen molar-refractivity contribution in [1.82, 2.24) is 15.2 Å². The number of nitrogens with one attached hydrogen (secondary N) is 1. The van der Waals surface area contributed by atoms with Gasteiger partial charge in [-0.05, 0) is 18.1 Å². The topological polar surface area (TPSA) is 103 Å². The fourth-order valence-corrected chi connectivity index (χ4v) is 2.23. The van der Waals surface area contributed by atoms with Crippen LogP contribution in [0.1, 0.15) is 12.0 Å². The van der Waals surface area contributed by atoms with Crippen molar-refractivity contribution in [3.05, 3.63) is 30.1 Å². The van der Waals surface area contributed by atoms with Gasteiger partial charge in [0.05, 0.1) is 6.10 Å². The van der Waals surface area contributed by atoms with Gasteiger partial charge < -0.3 is 20.4 Å². The summed E-state index contributed by atoms with van der Waals surface area (Å²) in [4.78, 5) is 28.1. The molecule has 0 bridgehead atoms. The molecule has 2 heterocycles. The molecule has 7 nitrogen and oxygen atoms in total. The van der Waals surface area contributed by atoms with Gasteiger partial charge in [0.1, 0.15) is 6.04 Å². The predicted molar refractivity (Wildman–Crippen MR) is 70.1 cm³/mol. The summed E-state index contributed by atoms with van der Waals surface area (Å²) in [7, 11) is 0. The summed E-state index contributed by atoms with van der Waals surface area (Å²) in [5.41, 5.74) is 0.990. The Labute approximate surface area is 116 Å². The SMILES string of the molecule is O=C(O)[C@@H]1C[C@@H](O)CN1C(=O)NCCc1cccnc1. The summed E-state index contributed by atoms with van der Waals surface area (Å²) in [6.07, 6.45) is 3.30. The first-order valence-electron chi connectivity index (χ1n) is 6.42. The second-order valence-corrected chi connectivity index (χ2v) is 4.74. The fourth-order valence-electron chi connectivity index (χ4n) is 2.23. The molecule has 2 atom stereocenters. The van der Waals surface area contributed by atoms with E-state index in [0.717, 1.165) is 10.5 Å².